The number of rotatable bonds is 6. The molecule has 0 radical (unpaired) electrons. The number of hydrogen-bond donors (Lipinski definition) is 0. The number of fused-ring (bicyclic) bond motifs is 5. The molecular formula is C57H32N10. The fourth-order valence-electron chi connectivity index (χ4n) is 10.3. The summed E-state index contributed by atoms with van der Waals surface area (Å²) < 4.78 is 0. The molecule has 11 rings (SSSR count). The van der Waals surface area contributed by atoms with Crippen LogP contribution in [0.15, 0.2) is 170 Å². The van der Waals surface area contributed by atoms with Gasteiger partial charge in [0.1, 0.15) is 0 Å². The number of anilines is 6. The SMILES string of the molecule is [C-]#[N+]c1cc(C#N)c(-c2cccc(N3CN(C4(N5CN(c6cccc(-c7c(C#N)cc(C#N)cc7[N+]#[C-])c6)c6ccccc65)c5ccccc5-c5ccccc54)c4ccccc43)c2)c([N+]#[C-])c1. The lowest BCUT2D eigenvalue weighted by molar-refractivity contribution is 0.472. The molecule has 10 heteroatoms. The van der Waals surface area contributed by atoms with Gasteiger partial charge in [-0.25, -0.2) is 14.5 Å². The highest BCUT2D eigenvalue weighted by atomic mass is 15.5. The normalized spacial score (nSPS) is 13.5. The van der Waals surface area contributed by atoms with Crippen molar-refractivity contribution < 1.29 is 0 Å². The second-order valence-corrected chi connectivity index (χ2v) is 16.3. The summed E-state index contributed by atoms with van der Waals surface area (Å²) >= 11 is 0. The molecule has 0 aromatic heterocycles. The number of nitriles is 3. The van der Waals surface area contributed by atoms with Gasteiger partial charge in [0.2, 0.25) is 0 Å². The van der Waals surface area contributed by atoms with E-state index in [1.54, 1.807) is 12.1 Å². The summed E-state index contributed by atoms with van der Waals surface area (Å²) in [4.78, 5) is 20.6. The zero-order valence-electron chi connectivity index (χ0n) is 35.6. The van der Waals surface area contributed by atoms with E-state index in [1.165, 1.54) is 12.1 Å². The molecule has 0 atom stereocenters. The second kappa shape index (κ2) is 15.6. The molecule has 67 heavy (non-hydrogen) atoms. The van der Waals surface area contributed by atoms with Gasteiger partial charge in [0.15, 0.2) is 22.7 Å². The van der Waals surface area contributed by atoms with E-state index in [9.17, 15) is 15.8 Å². The summed E-state index contributed by atoms with van der Waals surface area (Å²) in [5.74, 6) is 0. The maximum absolute atomic E-state index is 10.3. The number of nitrogens with zero attached hydrogens (tertiary/aromatic N) is 10. The Hall–Kier alpha value is -10.1. The second-order valence-electron chi connectivity index (χ2n) is 16.3. The Morgan fingerprint density at radius 3 is 1.39 bits per heavy atom. The molecule has 1 aliphatic carbocycles. The van der Waals surface area contributed by atoms with Crippen LogP contribution < -0.4 is 19.6 Å². The molecule has 8 aromatic rings. The zero-order chi connectivity index (χ0) is 45.8. The average Bonchev–Trinajstić information content (AvgIpc) is 4.07. The Balaban J connectivity index is 1.09. The molecule has 0 fully saturated rings. The quantitative estimate of drug-likeness (QED) is 0.154. The Bertz CT molecular complexity index is 3370. The molecule has 2 aliphatic heterocycles. The zero-order valence-corrected chi connectivity index (χ0v) is 35.6. The van der Waals surface area contributed by atoms with Crippen LogP contribution in [0.5, 0.6) is 0 Å². The lowest BCUT2D eigenvalue weighted by atomic mass is 9.92. The smallest absolute Gasteiger partial charge is 0.197 e. The monoisotopic (exact) mass is 856 g/mol. The minimum Gasteiger partial charge on any atom is -0.321 e. The first-order chi connectivity index (χ1) is 32.9. The lowest BCUT2D eigenvalue weighted by Gasteiger charge is -2.49. The standard InChI is InChI=1S/C57H32N10/c1-61-42-28-41(34-60)56(50(31-42)63-3)39-15-13-17-44(30-39)65-36-67(54-25-11-9-23-52(54)65)57(47-20-6-4-18-45(47)46-19-5-7-21-48(46)57)66-35-64(51-22-8-10-24-53(51)66)43-16-12-14-38(29-43)55-40(33-59)26-37(32-58)27-49(55)62-2/h4-31H,35-36H2. The third kappa shape index (κ3) is 5.90. The fraction of sp³-hybridized carbons (Fsp3) is 0.0526. The summed E-state index contributed by atoms with van der Waals surface area (Å²) in [6.07, 6.45) is 0. The van der Waals surface area contributed by atoms with Gasteiger partial charge in [0, 0.05) is 44.8 Å². The van der Waals surface area contributed by atoms with Crippen molar-refractivity contribution >= 4 is 51.2 Å². The molecule has 3 aliphatic rings. The number of para-hydroxylation sites is 4. The van der Waals surface area contributed by atoms with E-state index in [1.807, 2.05) is 54.6 Å². The summed E-state index contributed by atoms with van der Waals surface area (Å²) in [5.41, 5.74) is 13.2. The van der Waals surface area contributed by atoms with Gasteiger partial charge in [-0.05, 0) is 89.0 Å². The molecule has 310 valence electrons. The van der Waals surface area contributed by atoms with Gasteiger partial charge in [0.25, 0.3) is 0 Å². The van der Waals surface area contributed by atoms with Crippen molar-refractivity contribution in [1.29, 1.82) is 15.8 Å². The molecule has 0 saturated heterocycles. The van der Waals surface area contributed by atoms with Gasteiger partial charge in [-0.1, -0.05) is 103 Å². The van der Waals surface area contributed by atoms with Crippen molar-refractivity contribution in [1.82, 2.24) is 0 Å². The van der Waals surface area contributed by atoms with E-state index in [-0.39, 0.29) is 33.8 Å². The van der Waals surface area contributed by atoms with Crippen LogP contribution in [0.25, 0.3) is 47.9 Å². The molecular weight excluding hydrogens is 825 g/mol. The van der Waals surface area contributed by atoms with Crippen LogP contribution in [0.4, 0.5) is 51.2 Å². The first-order valence-corrected chi connectivity index (χ1v) is 21.3. The molecule has 0 spiro atoms. The molecule has 0 saturated carbocycles. The van der Waals surface area contributed by atoms with Crippen LogP contribution >= 0.6 is 0 Å². The van der Waals surface area contributed by atoms with Gasteiger partial charge in [-0.2, -0.15) is 15.8 Å². The highest BCUT2D eigenvalue weighted by molar-refractivity contribution is 5.96. The van der Waals surface area contributed by atoms with E-state index in [2.05, 4.69) is 143 Å². The van der Waals surface area contributed by atoms with E-state index in [0.717, 1.165) is 56.4 Å². The Morgan fingerprint density at radius 2 is 0.910 bits per heavy atom. The minimum atomic E-state index is -0.919. The van der Waals surface area contributed by atoms with Crippen molar-refractivity contribution in [3.8, 4) is 51.6 Å². The van der Waals surface area contributed by atoms with E-state index in [4.69, 9.17) is 19.7 Å². The first-order valence-electron chi connectivity index (χ1n) is 21.3. The van der Waals surface area contributed by atoms with Crippen molar-refractivity contribution in [2.24, 2.45) is 0 Å². The van der Waals surface area contributed by atoms with Crippen LogP contribution in [0.3, 0.4) is 0 Å². The maximum Gasteiger partial charge on any atom is 0.197 e. The number of hydrogen-bond acceptors (Lipinski definition) is 7. The Labute approximate surface area is 387 Å². The largest absolute Gasteiger partial charge is 0.321 e. The summed E-state index contributed by atoms with van der Waals surface area (Å²) in [7, 11) is 0. The molecule has 10 nitrogen and oxygen atoms in total. The van der Waals surface area contributed by atoms with Crippen molar-refractivity contribution in [3.05, 3.63) is 232 Å². The maximum atomic E-state index is 10.3. The average molecular weight is 857 g/mol. The van der Waals surface area contributed by atoms with Crippen LogP contribution in [0, 0.1) is 53.7 Å². The third-order valence-electron chi connectivity index (χ3n) is 13.0. The van der Waals surface area contributed by atoms with Gasteiger partial charge in [-0.15, -0.1) is 0 Å². The fourth-order valence-corrected chi connectivity index (χ4v) is 10.3. The van der Waals surface area contributed by atoms with Gasteiger partial charge >= 0.3 is 0 Å². The molecule has 0 bridgehead atoms. The molecule has 8 aromatic carbocycles. The lowest BCUT2D eigenvalue weighted by Crippen LogP contribution is -2.59. The topological polar surface area (TPSA) is 97.4 Å². The van der Waals surface area contributed by atoms with Gasteiger partial charge in [-0.3, -0.25) is 0 Å². The third-order valence-corrected chi connectivity index (χ3v) is 13.0. The van der Waals surface area contributed by atoms with Crippen LogP contribution in [0.2, 0.25) is 0 Å². The highest BCUT2D eigenvalue weighted by Crippen LogP contribution is 2.60. The first kappa shape index (κ1) is 39.7. The van der Waals surface area contributed by atoms with Crippen LogP contribution in [-0.2, 0) is 5.66 Å². The Morgan fingerprint density at radius 1 is 0.448 bits per heavy atom. The van der Waals surface area contributed by atoms with Crippen molar-refractivity contribution in [2.45, 2.75) is 5.66 Å². The van der Waals surface area contributed by atoms with Gasteiger partial charge < -0.3 is 19.6 Å². The summed E-state index contributed by atoms with van der Waals surface area (Å²) in [6, 6.07) is 62.6. The summed E-state index contributed by atoms with van der Waals surface area (Å²) in [5, 5.41) is 30.2. The molecule has 0 amide bonds. The molecule has 0 unspecified atom stereocenters. The Kier molecular flexibility index (Phi) is 9.25. The van der Waals surface area contributed by atoms with E-state index in [0.29, 0.717) is 35.6 Å². The summed E-state index contributed by atoms with van der Waals surface area (Å²) in [6.45, 7) is 24.4. The van der Waals surface area contributed by atoms with Crippen molar-refractivity contribution in [3.63, 3.8) is 0 Å². The van der Waals surface area contributed by atoms with Crippen LogP contribution in [-0.4, -0.2) is 13.3 Å². The van der Waals surface area contributed by atoms with E-state index < -0.39 is 5.66 Å². The molecule has 0 N–H and O–H groups in total. The number of benzene rings is 8. The molecule has 2 heterocycles. The minimum absolute atomic E-state index is 0.243. The van der Waals surface area contributed by atoms with E-state index >= 15 is 0 Å². The van der Waals surface area contributed by atoms with Crippen molar-refractivity contribution in [2.75, 3.05) is 32.9 Å². The van der Waals surface area contributed by atoms with Gasteiger partial charge in [0.05, 0.1) is 79.6 Å². The van der Waals surface area contributed by atoms with Crippen LogP contribution in [0.1, 0.15) is 27.8 Å². The predicted octanol–water partition coefficient (Wildman–Crippen LogP) is 13.7. The predicted molar refractivity (Wildman–Crippen MR) is 261 cm³/mol. The highest BCUT2D eigenvalue weighted by Gasteiger charge is 2.57.